The van der Waals surface area contributed by atoms with Crippen molar-refractivity contribution in [2.24, 2.45) is 0 Å². The summed E-state index contributed by atoms with van der Waals surface area (Å²) in [6, 6.07) is 5.67. The van der Waals surface area contributed by atoms with Crippen molar-refractivity contribution >= 4 is 23.3 Å². The van der Waals surface area contributed by atoms with E-state index in [1.807, 2.05) is 0 Å². The molecular weight excluding hydrogens is 351 g/mol. The molecule has 1 atom stereocenters. The second-order valence-corrected chi connectivity index (χ2v) is 5.23. The molecular formula is C15H11ClF3NO4. The van der Waals surface area contributed by atoms with Crippen molar-refractivity contribution in [2.45, 2.75) is 12.4 Å². The number of aliphatic hydroxyl groups is 1. The average molecular weight is 362 g/mol. The number of carboxylic acids is 1. The number of phenols is 1. The molecule has 128 valence electrons. The highest BCUT2D eigenvalue weighted by Crippen LogP contribution is 2.35. The maximum atomic E-state index is 12.7. The number of anilines is 1. The molecule has 9 heteroatoms. The molecule has 0 amide bonds. The summed E-state index contributed by atoms with van der Waals surface area (Å²) in [7, 11) is 0. The molecule has 2 aromatic carbocycles. The molecule has 0 aliphatic rings. The van der Waals surface area contributed by atoms with Crippen LogP contribution in [-0.2, 0) is 6.18 Å². The minimum Gasteiger partial charge on any atom is -0.507 e. The Balaban J connectivity index is 2.30. The quantitative estimate of drug-likeness (QED) is 0.621. The van der Waals surface area contributed by atoms with Crippen LogP contribution in [0, 0.1) is 0 Å². The van der Waals surface area contributed by atoms with Crippen molar-refractivity contribution in [3.8, 4) is 5.75 Å². The van der Waals surface area contributed by atoms with Gasteiger partial charge < -0.3 is 20.6 Å². The third-order valence-electron chi connectivity index (χ3n) is 3.16. The molecule has 0 aliphatic heterocycles. The predicted octanol–water partition coefficient (Wildman–Crippen LogP) is 3.87. The maximum Gasteiger partial charge on any atom is 0.416 e. The van der Waals surface area contributed by atoms with Gasteiger partial charge in [0, 0.05) is 5.56 Å². The Labute approximate surface area is 138 Å². The van der Waals surface area contributed by atoms with E-state index in [0.29, 0.717) is 12.1 Å². The second kappa shape index (κ2) is 6.58. The van der Waals surface area contributed by atoms with E-state index >= 15 is 0 Å². The van der Waals surface area contributed by atoms with Gasteiger partial charge in [0.05, 0.1) is 21.8 Å². The Morgan fingerprint density at radius 3 is 2.38 bits per heavy atom. The van der Waals surface area contributed by atoms with E-state index in [4.69, 9.17) is 16.7 Å². The summed E-state index contributed by atoms with van der Waals surface area (Å²) in [6.45, 7) is 0. The number of aromatic hydroxyl groups is 1. The molecule has 0 bridgehead atoms. The smallest absolute Gasteiger partial charge is 0.416 e. The number of alkyl halides is 3. The monoisotopic (exact) mass is 361 g/mol. The Morgan fingerprint density at radius 2 is 1.83 bits per heavy atom. The summed E-state index contributed by atoms with van der Waals surface area (Å²) < 4.78 is 38.1. The van der Waals surface area contributed by atoms with Gasteiger partial charge in [0.2, 0.25) is 0 Å². The third-order valence-corrected chi connectivity index (χ3v) is 3.47. The second-order valence-electron chi connectivity index (χ2n) is 4.82. The first-order valence-corrected chi connectivity index (χ1v) is 6.85. The van der Waals surface area contributed by atoms with Gasteiger partial charge in [-0.3, -0.25) is 0 Å². The Hall–Kier alpha value is -2.45. The van der Waals surface area contributed by atoms with Gasteiger partial charge in [0.15, 0.2) is 6.23 Å². The molecule has 0 heterocycles. The van der Waals surface area contributed by atoms with E-state index in [-0.39, 0.29) is 16.3 Å². The van der Waals surface area contributed by atoms with Crippen LogP contribution < -0.4 is 5.32 Å². The van der Waals surface area contributed by atoms with E-state index in [1.54, 1.807) is 0 Å². The van der Waals surface area contributed by atoms with Crippen molar-refractivity contribution in [2.75, 3.05) is 5.32 Å². The highest BCUT2D eigenvalue weighted by atomic mass is 35.5. The lowest BCUT2D eigenvalue weighted by Crippen LogP contribution is -2.13. The maximum absolute atomic E-state index is 12.7. The summed E-state index contributed by atoms with van der Waals surface area (Å²) in [5.41, 5.74) is -1.44. The summed E-state index contributed by atoms with van der Waals surface area (Å²) in [5, 5.41) is 30.9. The van der Waals surface area contributed by atoms with Crippen LogP contribution in [0.3, 0.4) is 0 Å². The average Bonchev–Trinajstić information content (AvgIpc) is 2.48. The van der Waals surface area contributed by atoms with Crippen LogP contribution in [0.1, 0.15) is 27.7 Å². The third kappa shape index (κ3) is 3.90. The lowest BCUT2D eigenvalue weighted by Gasteiger charge is -2.18. The first kappa shape index (κ1) is 17.9. The van der Waals surface area contributed by atoms with Crippen LogP contribution in [0.15, 0.2) is 36.4 Å². The SMILES string of the molecule is O=C(O)c1ccc(NC(O)c2cc(C(F)(F)F)ccc2O)c(Cl)c1. The zero-order valence-electron chi connectivity index (χ0n) is 11.8. The van der Waals surface area contributed by atoms with Gasteiger partial charge in [-0.2, -0.15) is 13.2 Å². The zero-order chi connectivity index (χ0) is 18.1. The van der Waals surface area contributed by atoms with Crippen LogP contribution in [-0.4, -0.2) is 21.3 Å². The van der Waals surface area contributed by atoms with Gasteiger partial charge in [-0.15, -0.1) is 0 Å². The van der Waals surface area contributed by atoms with Crippen LogP contribution in [0.4, 0.5) is 18.9 Å². The number of halogens is 4. The number of nitrogens with one attached hydrogen (secondary N) is 1. The lowest BCUT2D eigenvalue weighted by atomic mass is 10.1. The van der Waals surface area contributed by atoms with E-state index in [0.717, 1.165) is 12.1 Å². The first-order chi connectivity index (χ1) is 11.1. The fourth-order valence-corrected chi connectivity index (χ4v) is 2.18. The van der Waals surface area contributed by atoms with Crippen LogP contribution >= 0.6 is 11.6 Å². The Bertz CT molecular complexity index is 780. The number of aliphatic hydroxyl groups excluding tert-OH is 1. The van der Waals surface area contributed by atoms with Crippen molar-refractivity contribution in [1.29, 1.82) is 0 Å². The van der Waals surface area contributed by atoms with Crippen LogP contribution in [0.25, 0.3) is 0 Å². The number of carboxylic acid groups (broad SMARTS) is 1. The molecule has 2 aromatic rings. The molecule has 0 aromatic heterocycles. The zero-order valence-corrected chi connectivity index (χ0v) is 12.6. The van der Waals surface area contributed by atoms with Crippen molar-refractivity contribution in [3.63, 3.8) is 0 Å². The number of rotatable bonds is 4. The summed E-state index contributed by atoms with van der Waals surface area (Å²) in [6.07, 6.45) is -6.33. The first-order valence-electron chi connectivity index (χ1n) is 6.47. The van der Waals surface area contributed by atoms with Gasteiger partial charge in [-0.05, 0) is 36.4 Å². The summed E-state index contributed by atoms with van der Waals surface area (Å²) in [5.74, 6) is -1.75. The normalized spacial score (nSPS) is 12.7. The summed E-state index contributed by atoms with van der Waals surface area (Å²) >= 11 is 5.87. The highest BCUT2D eigenvalue weighted by Gasteiger charge is 2.31. The van der Waals surface area contributed by atoms with Crippen LogP contribution in [0.2, 0.25) is 5.02 Å². The fourth-order valence-electron chi connectivity index (χ4n) is 1.94. The summed E-state index contributed by atoms with van der Waals surface area (Å²) in [4.78, 5) is 10.8. The van der Waals surface area contributed by atoms with E-state index in [2.05, 4.69) is 5.32 Å². The molecule has 4 N–H and O–H groups in total. The molecule has 0 saturated heterocycles. The minimum absolute atomic E-state index is 0.0552. The number of phenolic OH excluding ortho intramolecular Hbond substituents is 1. The van der Waals surface area contributed by atoms with E-state index < -0.39 is 35.2 Å². The fraction of sp³-hybridized carbons (Fsp3) is 0.133. The van der Waals surface area contributed by atoms with Gasteiger partial charge >= 0.3 is 12.1 Å². The molecule has 0 radical (unpaired) electrons. The number of aromatic carboxylic acids is 1. The number of hydrogen-bond acceptors (Lipinski definition) is 4. The van der Waals surface area contributed by atoms with Gasteiger partial charge in [0.1, 0.15) is 5.75 Å². The molecule has 5 nitrogen and oxygen atoms in total. The molecule has 0 fully saturated rings. The van der Waals surface area contributed by atoms with Crippen molar-refractivity contribution in [1.82, 2.24) is 0 Å². The van der Waals surface area contributed by atoms with Gasteiger partial charge in [-0.1, -0.05) is 11.6 Å². The molecule has 24 heavy (non-hydrogen) atoms. The number of carbonyl (C=O) groups is 1. The lowest BCUT2D eigenvalue weighted by molar-refractivity contribution is -0.137. The van der Waals surface area contributed by atoms with Gasteiger partial charge in [-0.25, -0.2) is 4.79 Å². The highest BCUT2D eigenvalue weighted by molar-refractivity contribution is 6.33. The number of hydrogen-bond donors (Lipinski definition) is 4. The topological polar surface area (TPSA) is 89.8 Å². The van der Waals surface area contributed by atoms with Crippen molar-refractivity contribution < 1.29 is 33.3 Å². The Kier molecular flexibility index (Phi) is 4.91. The van der Waals surface area contributed by atoms with Gasteiger partial charge in [0.25, 0.3) is 0 Å². The molecule has 2 rings (SSSR count). The molecule has 0 spiro atoms. The Morgan fingerprint density at radius 1 is 1.17 bits per heavy atom. The number of benzene rings is 2. The van der Waals surface area contributed by atoms with E-state index in [1.165, 1.54) is 12.1 Å². The minimum atomic E-state index is -4.64. The molecule has 0 aliphatic carbocycles. The van der Waals surface area contributed by atoms with Crippen molar-refractivity contribution in [3.05, 3.63) is 58.1 Å². The molecule has 1 unspecified atom stereocenters. The molecule has 0 saturated carbocycles. The van der Waals surface area contributed by atoms with E-state index in [9.17, 15) is 28.2 Å². The standard InChI is InChI=1S/C15H11ClF3NO4/c16-10-5-7(14(23)24)1-3-11(10)20-13(22)9-6-8(15(17,18)19)2-4-12(9)21/h1-6,13,20-22H,(H,23,24). The van der Waals surface area contributed by atoms with Crippen LogP contribution in [0.5, 0.6) is 5.75 Å². The largest absolute Gasteiger partial charge is 0.507 e. The predicted molar refractivity (Wildman–Crippen MR) is 80.1 cm³/mol.